The summed E-state index contributed by atoms with van der Waals surface area (Å²) in [6.45, 7) is 3.82. The molecule has 1 aliphatic rings. The summed E-state index contributed by atoms with van der Waals surface area (Å²) in [4.78, 5) is 21.7. The van der Waals surface area contributed by atoms with Gasteiger partial charge in [0.05, 0.1) is 18.4 Å². The van der Waals surface area contributed by atoms with Gasteiger partial charge in [-0.3, -0.25) is 4.90 Å². The lowest BCUT2D eigenvalue weighted by Gasteiger charge is -2.35. The molecular weight excluding hydrogens is 544 g/mol. The average molecular weight is 567 g/mol. The molecule has 1 aliphatic heterocycles. The minimum atomic E-state index is -5.08. The van der Waals surface area contributed by atoms with Crippen LogP contribution in [0.4, 0.5) is 32.2 Å². The second-order valence-electron chi connectivity index (χ2n) is 8.51. The summed E-state index contributed by atoms with van der Waals surface area (Å²) in [6, 6.07) is 17.5. The molecule has 2 heterocycles. The maximum atomic E-state index is 13.5. The summed E-state index contributed by atoms with van der Waals surface area (Å²) >= 11 is 0. The Morgan fingerprint density at radius 2 is 1.62 bits per heavy atom. The molecule has 2 aromatic carbocycles. The van der Waals surface area contributed by atoms with Crippen LogP contribution < -0.4 is 9.64 Å². The third-order valence-electron chi connectivity index (χ3n) is 5.80. The Morgan fingerprint density at radius 1 is 1.00 bits per heavy atom. The number of hydrogen-bond acceptors (Lipinski definition) is 7. The predicted molar refractivity (Wildman–Crippen MR) is 131 cm³/mol. The second kappa shape index (κ2) is 12.6. The fraction of sp³-hybridized carbons (Fsp3) is 0.308. The van der Waals surface area contributed by atoms with E-state index in [1.165, 1.54) is 24.8 Å². The number of piperazine rings is 1. The number of carboxylic acids is 1. The van der Waals surface area contributed by atoms with Gasteiger partial charge >= 0.3 is 18.3 Å². The number of ether oxygens (including phenoxy) is 1. The Morgan fingerprint density at radius 3 is 2.15 bits per heavy atom. The molecule has 40 heavy (non-hydrogen) atoms. The van der Waals surface area contributed by atoms with E-state index < -0.39 is 23.9 Å². The van der Waals surface area contributed by atoms with Gasteiger partial charge in [-0.15, -0.1) is 0 Å². The van der Waals surface area contributed by atoms with Crippen LogP contribution in [-0.2, 0) is 17.5 Å². The number of nitrogens with zero attached hydrogens (tertiary/aromatic N) is 5. The monoisotopic (exact) mass is 567 g/mol. The number of anilines is 1. The number of halogens is 6. The number of aliphatic carboxylic acids is 1. The standard InChI is InChI=1S/C24H22F3N5O.C2HF3O2/c1-33-21-8-7-18(13-19(21)24(25,26)27)20-14-23(30-22(15-28)29-20)32-11-9-31(10-12-32)16-17-5-3-2-4-6-17;3-2(4,5)1(6)7/h2-8,13-14H,9-12,16H2,1H3;(H,6,7). The predicted octanol–water partition coefficient (Wildman–Crippen LogP) is 5.00. The highest BCUT2D eigenvalue weighted by Gasteiger charge is 2.38. The molecule has 212 valence electrons. The third kappa shape index (κ3) is 8.06. The van der Waals surface area contributed by atoms with Crippen molar-refractivity contribution >= 4 is 11.8 Å². The van der Waals surface area contributed by atoms with Crippen LogP contribution in [0.15, 0.2) is 54.6 Å². The number of nitriles is 1. The van der Waals surface area contributed by atoms with Gasteiger partial charge in [-0.2, -0.15) is 31.6 Å². The lowest BCUT2D eigenvalue weighted by Crippen LogP contribution is -2.46. The minimum Gasteiger partial charge on any atom is -0.496 e. The smallest absolute Gasteiger partial charge is 0.490 e. The van der Waals surface area contributed by atoms with Gasteiger partial charge in [0.15, 0.2) is 0 Å². The Hall–Kier alpha value is -4.38. The van der Waals surface area contributed by atoms with Crippen molar-refractivity contribution in [2.75, 3.05) is 38.2 Å². The molecule has 0 saturated carbocycles. The lowest BCUT2D eigenvalue weighted by molar-refractivity contribution is -0.192. The Kier molecular flexibility index (Phi) is 9.54. The van der Waals surface area contributed by atoms with Crippen LogP contribution in [0.1, 0.15) is 17.0 Å². The van der Waals surface area contributed by atoms with Gasteiger partial charge in [0.2, 0.25) is 5.82 Å². The largest absolute Gasteiger partial charge is 0.496 e. The summed E-state index contributed by atoms with van der Waals surface area (Å²) < 4.78 is 77.0. The Balaban J connectivity index is 0.000000559. The molecule has 0 aliphatic carbocycles. The van der Waals surface area contributed by atoms with E-state index in [0.29, 0.717) is 18.9 Å². The zero-order chi connectivity index (χ0) is 29.5. The van der Waals surface area contributed by atoms with E-state index in [0.717, 1.165) is 25.7 Å². The summed E-state index contributed by atoms with van der Waals surface area (Å²) in [6.07, 6.45) is -9.66. The zero-order valence-electron chi connectivity index (χ0n) is 21.0. The first-order valence-corrected chi connectivity index (χ1v) is 11.7. The number of carbonyl (C=O) groups is 1. The third-order valence-corrected chi connectivity index (χ3v) is 5.80. The molecule has 1 fully saturated rings. The van der Waals surface area contributed by atoms with E-state index in [-0.39, 0.29) is 22.8 Å². The van der Waals surface area contributed by atoms with Crippen molar-refractivity contribution < 1.29 is 41.0 Å². The van der Waals surface area contributed by atoms with Gasteiger partial charge in [-0.25, -0.2) is 14.8 Å². The molecule has 0 unspecified atom stereocenters. The minimum absolute atomic E-state index is 0.0846. The summed E-state index contributed by atoms with van der Waals surface area (Å²) in [5.41, 5.74) is 0.847. The van der Waals surface area contributed by atoms with Gasteiger partial charge < -0.3 is 14.7 Å². The first-order chi connectivity index (χ1) is 18.8. The van der Waals surface area contributed by atoms with Crippen LogP contribution >= 0.6 is 0 Å². The molecule has 0 atom stereocenters. The number of benzene rings is 2. The summed E-state index contributed by atoms with van der Waals surface area (Å²) in [5, 5.41) is 16.5. The molecule has 0 amide bonds. The van der Waals surface area contributed by atoms with Gasteiger partial charge in [0.1, 0.15) is 17.6 Å². The van der Waals surface area contributed by atoms with Gasteiger partial charge in [-0.1, -0.05) is 30.3 Å². The summed E-state index contributed by atoms with van der Waals surface area (Å²) in [5.74, 6) is -2.58. The van der Waals surface area contributed by atoms with Crippen LogP contribution in [0.5, 0.6) is 5.75 Å². The van der Waals surface area contributed by atoms with E-state index >= 15 is 0 Å². The highest BCUT2D eigenvalue weighted by Crippen LogP contribution is 2.38. The van der Waals surface area contributed by atoms with Crippen LogP contribution in [-0.4, -0.2) is 65.4 Å². The molecule has 8 nitrogen and oxygen atoms in total. The molecule has 1 aromatic heterocycles. The van der Waals surface area contributed by atoms with Crippen LogP contribution in [0.3, 0.4) is 0 Å². The van der Waals surface area contributed by atoms with Crippen molar-refractivity contribution in [3.63, 3.8) is 0 Å². The van der Waals surface area contributed by atoms with Crippen molar-refractivity contribution in [2.45, 2.75) is 18.9 Å². The number of alkyl halides is 6. The Labute approximate surface area is 225 Å². The van der Waals surface area contributed by atoms with E-state index in [9.17, 15) is 31.6 Å². The molecule has 0 bridgehead atoms. The SMILES string of the molecule is COc1ccc(-c2cc(N3CCN(Cc4ccccc4)CC3)nc(C#N)n2)cc1C(F)(F)F.O=C(O)C(F)(F)F. The number of hydrogen-bond donors (Lipinski definition) is 1. The molecular formula is C26H23F6N5O3. The van der Waals surface area contributed by atoms with Crippen molar-refractivity contribution in [1.29, 1.82) is 5.26 Å². The first kappa shape index (κ1) is 30.2. The quantitative estimate of drug-likeness (QED) is 0.430. The molecule has 14 heteroatoms. The molecule has 4 rings (SSSR count). The normalized spacial score (nSPS) is 14.1. The summed E-state index contributed by atoms with van der Waals surface area (Å²) in [7, 11) is 1.19. The van der Waals surface area contributed by atoms with Gasteiger partial charge in [0.25, 0.3) is 0 Å². The topological polar surface area (TPSA) is 103 Å². The van der Waals surface area contributed by atoms with Crippen molar-refractivity contribution in [2.24, 2.45) is 0 Å². The molecule has 1 N–H and O–H groups in total. The zero-order valence-corrected chi connectivity index (χ0v) is 21.0. The number of aromatic nitrogens is 2. The Bertz CT molecular complexity index is 1350. The highest BCUT2D eigenvalue weighted by molar-refractivity contribution is 5.73. The average Bonchev–Trinajstić information content (AvgIpc) is 2.92. The van der Waals surface area contributed by atoms with Crippen LogP contribution in [0, 0.1) is 11.3 Å². The van der Waals surface area contributed by atoms with Crippen LogP contribution in [0.2, 0.25) is 0 Å². The first-order valence-electron chi connectivity index (χ1n) is 11.7. The van der Waals surface area contributed by atoms with Crippen molar-refractivity contribution in [3.05, 3.63) is 71.5 Å². The van der Waals surface area contributed by atoms with Crippen molar-refractivity contribution in [1.82, 2.24) is 14.9 Å². The molecule has 0 spiro atoms. The number of carboxylic acid groups (broad SMARTS) is 1. The van der Waals surface area contributed by atoms with Crippen LogP contribution in [0.25, 0.3) is 11.3 Å². The van der Waals surface area contributed by atoms with Gasteiger partial charge in [-0.05, 0) is 23.8 Å². The highest BCUT2D eigenvalue weighted by atomic mass is 19.4. The molecule has 1 saturated heterocycles. The maximum Gasteiger partial charge on any atom is 0.490 e. The van der Waals surface area contributed by atoms with E-state index in [1.54, 1.807) is 6.07 Å². The van der Waals surface area contributed by atoms with E-state index in [1.807, 2.05) is 29.2 Å². The fourth-order valence-corrected chi connectivity index (χ4v) is 3.86. The van der Waals surface area contributed by atoms with E-state index in [2.05, 4.69) is 27.0 Å². The van der Waals surface area contributed by atoms with E-state index in [4.69, 9.17) is 14.6 Å². The number of methoxy groups -OCH3 is 1. The number of rotatable bonds is 5. The maximum absolute atomic E-state index is 13.5. The second-order valence-corrected chi connectivity index (χ2v) is 8.51. The van der Waals surface area contributed by atoms with Crippen molar-refractivity contribution in [3.8, 4) is 23.1 Å². The molecule has 3 aromatic rings. The molecule has 0 radical (unpaired) electrons. The lowest BCUT2D eigenvalue weighted by atomic mass is 10.1. The fourth-order valence-electron chi connectivity index (χ4n) is 3.86. The van der Waals surface area contributed by atoms with Gasteiger partial charge in [0, 0.05) is 44.4 Å².